The monoisotopic (exact) mass is 400 g/mol. The van der Waals surface area contributed by atoms with Gasteiger partial charge in [0, 0.05) is 18.3 Å². The van der Waals surface area contributed by atoms with Gasteiger partial charge in [-0.05, 0) is 43.2 Å². The van der Waals surface area contributed by atoms with Crippen LogP contribution in [0.1, 0.15) is 19.4 Å². The zero-order valence-electron chi connectivity index (χ0n) is 15.4. The quantitative estimate of drug-likeness (QED) is 0.603. The van der Waals surface area contributed by atoms with E-state index in [4.69, 9.17) is 11.6 Å². The van der Waals surface area contributed by atoms with Crippen LogP contribution in [-0.2, 0) is 18.3 Å². The number of anilines is 1. The van der Waals surface area contributed by atoms with Gasteiger partial charge < -0.3 is 9.88 Å². The lowest BCUT2D eigenvalue weighted by Crippen LogP contribution is -2.22. The molecule has 0 spiro atoms. The number of carbonyl (C=O) groups excluding carboxylic acids is 1. The van der Waals surface area contributed by atoms with Gasteiger partial charge in [0.25, 0.3) is 0 Å². The topological polar surface area (TPSA) is 59.8 Å². The van der Waals surface area contributed by atoms with Crippen molar-refractivity contribution in [2.75, 3.05) is 5.32 Å². The van der Waals surface area contributed by atoms with Crippen LogP contribution >= 0.6 is 23.4 Å². The molecule has 2 aromatic carbocycles. The highest BCUT2D eigenvalue weighted by Crippen LogP contribution is 2.30. The maximum Gasteiger partial charge on any atom is 0.237 e. The lowest BCUT2D eigenvalue weighted by molar-refractivity contribution is -0.115. The summed E-state index contributed by atoms with van der Waals surface area (Å²) in [5.41, 5.74) is 2.84. The average Bonchev–Trinajstić information content (AvgIpc) is 3.03. The van der Waals surface area contributed by atoms with E-state index in [-0.39, 0.29) is 11.2 Å². The number of benzene rings is 2. The largest absolute Gasteiger partial charge is 0.325 e. The zero-order chi connectivity index (χ0) is 19.4. The molecule has 0 aliphatic rings. The molecular weight excluding hydrogens is 380 g/mol. The van der Waals surface area contributed by atoms with Crippen LogP contribution in [-0.4, -0.2) is 25.9 Å². The van der Waals surface area contributed by atoms with Gasteiger partial charge in [0.1, 0.15) is 0 Å². The molecule has 27 heavy (non-hydrogen) atoms. The number of nitrogens with one attached hydrogen (secondary N) is 1. The minimum Gasteiger partial charge on any atom is -0.325 e. The average molecular weight is 401 g/mol. The lowest BCUT2D eigenvalue weighted by Gasteiger charge is -2.12. The van der Waals surface area contributed by atoms with Crippen molar-refractivity contribution in [2.24, 2.45) is 7.05 Å². The Morgan fingerprint density at radius 1 is 1.19 bits per heavy atom. The van der Waals surface area contributed by atoms with E-state index >= 15 is 0 Å². The highest BCUT2D eigenvalue weighted by molar-refractivity contribution is 8.00. The summed E-state index contributed by atoms with van der Waals surface area (Å²) in [5.74, 6) is 0.595. The highest BCUT2D eigenvalue weighted by atomic mass is 35.5. The SMILES string of the molecule is CCc1ccc(NC(=O)[C@@H](C)Sc2nnc(-c3ccccc3Cl)n2C)cc1. The molecule has 1 N–H and O–H groups in total. The second kappa shape index (κ2) is 8.59. The molecule has 1 aromatic heterocycles. The normalized spacial score (nSPS) is 12.0. The summed E-state index contributed by atoms with van der Waals surface area (Å²) in [5, 5.41) is 12.4. The van der Waals surface area contributed by atoms with E-state index in [1.807, 2.05) is 67.1 Å². The van der Waals surface area contributed by atoms with Crippen molar-refractivity contribution < 1.29 is 4.79 Å². The predicted octanol–water partition coefficient (Wildman–Crippen LogP) is 4.82. The Hall–Kier alpha value is -2.31. The fraction of sp³-hybridized carbons (Fsp3) is 0.250. The molecule has 0 saturated heterocycles. The van der Waals surface area contributed by atoms with E-state index in [1.54, 1.807) is 0 Å². The number of aryl methyl sites for hydroxylation is 1. The van der Waals surface area contributed by atoms with Gasteiger partial charge in [-0.15, -0.1) is 10.2 Å². The van der Waals surface area contributed by atoms with Crippen molar-refractivity contribution in [3.63, 3.8) is 0 Å². The summed E-state index contributed by atoms with van der Waals surface area (Å²) in [4.78, 5) is 12.5. The molecule has 0 aliphatic carbocycles. The van der Waals surface area contributed by atoms with E-state index in [1.165, 1.54) is 17.3 Å². The van der Waals surface area contributed by atoms with Crippen LogP contribution in [0.25, 0.3) is 11.4 Å². The first kappa shape index (κ1) is 19.5. The fourth-order valence-corrected chi connectivity index (χ4v) is 3.61. The van der Waals surface area contributed by atoms with Crippen LogP contribution in [0.2, 0.25) is 5.02 Å². The molecule has 3 rings (SSSR count). The predicted molar refractivity (Wildman–Crippen MR) is 111 cm³/mol. The summed E-state index contributed by atoms with van der Waals surface area (Å²) in [6.45, 7) is 3.95. The van der Waals surface area contributed by atoms with Crippen molar-refractivity contribution in [1.29, 1.82) is 0 Å². The maximum atomic E-state index is 12.5. The van der Waals surface area contributed by atoms with Crippen molar-refractivity contribution in [2.45, 2.75) is 30.7 Å². The Labute approximate surface area is 168 Å². The Balaban J connectivity index is 1.69. The van der Waals surface area contributed by atoms with Crippen LogP contribution in [0.15, 0.2) is 53.7 Å². The summed E-state index contributed by atoms with van der Waals surface area (Å²) in [6, 6.07) is 15.4. The van der Waals surface area contributed by atoms with Crippen LogP contribution in [0, 0.1) is 0 Å². The minimum absolute atomic E-state index is 0.0773. The molecule has 140 valence electrons. The standard InChI is InChI=1S/C20H21ClN4OS/c1-4-14-9-11-15(12-10-14)22-19(26)13(2)27-20-24-23-18(25(20)3)16-7-5-6-8-17(16)21/h5-13H,4H2,1-3H3,(H,22,26)/t13-/m1/s1. The molecule has 0 fully saturated rings. The second-order valence-electron chi connectivity index (χ2n) is 6.14. The van der Waals surface area contributed by atoms with Crippen LogP contribution in [0.4, 0.5) is 5.69 Å². The van der Waals surface area contributed by atoms with Crippen molar-refractivity contribution in [3.05, 3.63) is 59.1 Å². The van der Waals surface area contributed by atoms with Gasteiger partial charge in [-0.25, -0.2) is 0 Å². The van der Waals surface area contributed by atoms with E-state index in [2.05, 4.69) is 22.4 Å². The van der Waals surface area contributed by atoms with Gasteiger partial charge in [-0.2, -0.15) is 0 Å². The number of rotatable bonds is 6. The molecule has 1 atom stereocenters. The fourth-order valence-electron chi connectivity index (χ4n) is 2.57. The van der Waals surface area contributed by atoms with Gasteiger partial charge in [0.05, 0.1) is 10.3 Å². The van der Waals surface area contributed by atoms with Gasteiger partial charge in [0.15, 0.2) is 11.0 Å². The second-order valence-corrected chi connectivity index (χ2v) is 7.86. The molecule has 1 amide bonds. The van der Waals surface area contributed by atoms with Gasteiger partial charge in [0.2, 0.25) is 5.91 Å². The number of hydrogen-bond acceptors (Lipinski definition) is 4. The zero-order valence-corrected chi connectivity index (χ0v) is 17.0. The number of carbonyl (C=O) groups is 1. The first-order chi connectivity index (χ1) is 13.0. The lowest BCUT2D eigenvalue weighted by atomic mass is 10.1. The molecule has 0 bridgehead atoms. The Kier molecular flexibility index (Phi) is 6.19. The first-order valence-corrected chi connectivity index (χ1v) is 9.96. The molecule has 0 unspecified atom stereocenters. The van der Waals surface area contributed by atoms with Crippen LogP contribution in [0.5, 0.6) is 0 Å². The van der Waals surface area contributed by atoms with Crippen molar-refractivity contribution in [1.82, 2.24) is 14.8 Å². The van der Waals surface area contributed by atoms with Crippen molar-refractivity contribution in [3.8, 4) is 11.4 Å². The molecule has 3 aromatic rings. The third-order valence-corrected chi connectivity index (χ3v) is 5.69. The Morgan fingerprint density at radius 3 is 2.56 bits per heavy atom. The first-order valence-electron chi connectivity index (χ1n) is 8.70. The Bertz CT molecular complexity index is 939. The highest BCUT2D eigenvalue weighted by Gasteiger charge is 2.20. The molecule has 0 aliphatic heterocycles. The summed E-state index contributed by atoms with van der Waals surface area (Å²) < 4.78 is 1.85. The van der Waals surface area contributed by atoms with E-state index in [0.29, 0.717) is 16.0 Å². The van der Waals surface area contributed by atoms with E-state index < -0.39 is 0 Å². The minimum atomic E-state index is -0.321. The number of aromatic nitrogens is 3. The number of nitrogens with zero attached hydrogens (tertiary/aromatic N) is 3. The third-order valence-electron chi connectivity index (χ3n) is 4.23. The number of halogens is 1. The molecule has 0 saturated carbocycles. The van der Waals surface area contributed by atoms with E-state index in [9.17, 15) is 4.79 Å². The summed E-state index contributed by atoms with van der Waals surface area (Å²) >= 11 is 7.62. The Morgan fingerprint density at radius 2 is 1.89 bits per heavy atom. The number of amides is 1. The molecule has 7 heteroatoms. The number of hydrogen-bond donors (Lipinski definition) is 1. The molecular formula is C20H21ClN4OS. The summed E-state index contributed by atoms with van der Waals surface area (Å²) in [7, 11) is 1.87. The van der Waals surface area contributed by atoms with E-state index in [0.717, 1.165) is 17.7 Å². The summed E-state index contributed by atoms with van der Waals surface area (Å²) in [6.07, 6.45) is 0.973. The molecule has 5 nitrogen and oxygen atoms in total. The van der Waals surface area contributed by atoms with Crippen LogP contribution in [0.3, 0.4) is 0 Å². The molecule has 0 radical (unpaired) electrons. The maximum absolute atomic E-state index is 12.5. The van der Waals surface area contributed by atoms with Crippen molar-refractivity contribution >= 4 is 35.0 Å². The smallest absolute Gasteiger partial charge is 0.237 e. The molecule has 1 heterocycles. The third kappa shape index (κ3) is 4.51. The van der Waals surface area contributed by atoms with Gasteiger partial charge in [-0.3, -0.25) is 4.79 Å². The number of thioether (sulfide) groups is 1. The van der Waals surface area contributed by atoms with Crippen LogP contribution < -0.4 is 5.32 Å². The van der Waals surface area contributed by atoms with Gasteiger partial charge >= 0.3 is 0 Å². The van der Waals surface area contributed by atoms with Gasteiger partial charge in [-0.1, -0.05) is 54.6 Å².